The predicted molar refractivity (Wildman–Crippen MR) is 54.3 cm³/mol. The van der Waals surface area contributed by atoms with Gasteiger partial charge < -0.3 is 14.9 Å². The number of carbonyl (C=O) groups excluding carboxylic acids is 1. The zero-order chi connectivity index (χ0) is 11.0. The third-order valence-electron chi connectivity index (χ3n) is 2.28. The third kappa shape index (κ3) is 1.83. The largest absolute Gasteiger partial charge is 0.550 e. The molecule has 0 radical (unpaired) electrons. The molecule has 1 aromatic carbocycles. The minimum Gasteiger partial charge on any atom is -0.550 e. The standard InChI is InChI=1S/C11H12N2O2/c1-6-3-7(2)11-8(4-6)12-9(13-11)5-10(14)15/h3-4H,5H2,1-2H3,(H,12,13)(H,14,15)/p-1. The van der Waals surface area contributed by atoms with E-state index in [2.05, 4.69) is 9.97 Å². The molecule has 0 saturated heterocycles. The number of fused-ring (bicyclic) bond motifs is 1. The Bertz CT molecular complexity index is 529. The molecule has 0 bridgehead atoms. The molecule has 0 aliphatic heterocycles. The Morgan fingerprint density at radius 2 is 2.20 bits per heavy atom. The Hall–Kier alpha value is -1.84. The zero-order valence-electron chi connectivity index (χ0n) is 8.63. The summed E-state index contributed by atoms with van der Waals surface area (Å²) in [5.41, 5.74) is 3.88. The van der Waals surface area contributed by atoms with E-state index in [-0.39, 0.29) is 6.42 Å². The molecule has 4 heteroatoms. The summed E-state index contributed by atoms with van der Waals surface area (Å²) in [7, 11) is 0. The van der Waals surface area contributed by atoms with Crippen LogP contribution < -0.4 is 5.11 Å². The van der Waals surface area contributed by atoms with Gasteiger partial charge in [0, 0.05) is 12.4 Å². The lowest BCUT2D eigenvalue weighted by molar-refractivity contribution is -0.304. The first-order valence-electron chi connectivity index (χ1n) is 4.72. The van der Waals surface area contributed by atoms with Crippen molar-refractivity contribution < 1.29 is 9.90 Å². The van der Waals surface area contributed by atoms with Crippen LogP contribution in [-0.2, 0) is 11.2 Å². The lowest BCUT2D eigenvalue weighted by atomic mass is 10.1. The summed E-state index contributed by atoms with van der Waals surface area (Å²) in [6.07, 6.45) is -0.173. The molecule has 1 aromatic heterocycles. The number of aliphatic carboxylic acids is 1. The number of carboxylic acids is 1. The number of imidazole rings is 1. The summed E-state index contributed by atoms with van der Waals surface area (Å²) in [5, 5.41) is 10.4. The maximum atomic E-state index is 10.4. The quantitative estimate of drug-likeness (QED) is 0.771. The number of hydrogen-bond acceptors (Lipinski definition) is 3. The van der Waals surface area contributed by atoms with Crippen LogP contribution in [0.5, 0.6) is 0 Å². The van der Waals surface area contributed by atoms with Crippen LogP contribution >= 0.6 is 0 Å². The van der Waals surface area contributed by atoms with Gasteiger partial charge in [-0.15, -0.1) is 0 Å². The summed E-state index contributed by atoms with van der Waals surface area (Å²) < 4.78 is 0. The number of H-pyrrole nitrogens is 1. The fourth-order valence-electron chi connectivity index (χ4n) is 1.74. The lowest BCUT2D eigenvalue weighted by Crippen LogP contribution is -2.24. The van der Waals surface area contributed by atoms with Gasteiger partial charge >= 0.3 is 0 Å². The molecule has 1 heterocycles. The zero-order valence-corrected chi connectivity index (χ0v) is 8.63. The summed E-state index contributed by atoms with van der Waals surface area (Å²) >= 11 is 0. The molecular formula is C11H11N2O2-. The van der Waals surface area contributed by atoms with E-state index in [9.17, 15) is 9.90 Å². The number of benzene rings is 1. The van der Waals surface area contributed by atoms with Crippen LogP contribution in [0.25, 0.3) is 11.0 Å². The van der Waals surface area contributed by atoms with Crippen molar-refractivity contribution in [3.05, 3.63) is 29.1 Å². The first-order valence-corrected chi connectivity index (χ1v) is 4.72. The topological polar surface area (TPSA) is 68.8 Å². The van der Waals surface area contributed by atoms with Gasteiger partial charge in [-0.2, -0.15) is 0 Å². The highest BCUT2D eigenvalue weighted by molar-refractivity contribution is 5.80. The highest BCUT2D eigenvalue weighted by Gasteiger charge is 2.05. The minimum atomic E-state index is -1.12. The summed E-state index contributed by atoms with van der Waals surface area (Å²) in [4.78, 5) is 17.6. The van der Waals surface area contributed by atoms with Gasteiger partial charge in [0.2, 0.25) is 0 Å². The second-order valence-corrected chi connectivity index (χ2v) is 3.71. The number of carbonyl (C=O) groups is 1. The molecule has 78 valence electrons. The van der Waals surface area contributed by atoms with Gasteiger partial charge in [0.15, 0.2) is 0 Å². The van der Waals surface area contributed by atoms with Crippen LogP contribution in [0.1, 0.15) is 17.0 Å². The summed E-state index contributed by atoms with van der Waals surface area (Å²) in [5.74, 6) is -0.679. The maximum Gasteiger partial charge on any atom is 0.112 e. The van der Waals surface area contributed by atoms with Gasteiger partial charge in [0.25, 0.3) is 0 Å². The van der Waals surface area contributed by atoms with Crippen LogP contribution in [0.2, 0.25) is 0 Å². The fourth-order valence-corrected chi connectivity index (χ4v) is 1.74. The number of rotatable bonds is 2. The normalized spacial score (nSPS) is 10.8. The van der Waals surface area contributed by atoms with Gasteiger partial charge in [0.1, 0.15) is 5.82 Å². The molecule has 1 N–H and O–H groups in total. The molecule has 0 aliphatic rings. The summed E-state index contributed by atoms with van der Waals surface area (Å²) in [6.45, 7) is 3.95. The van der Waals surface area contributed by atoms with Gasteiger partial charge in [-0.1, -0.05) is 6.07 Å². The van der Waals surface area contributed by atoms with E-state index in [1.54, 1.807) is 0 Å². The molecule has 0 unspecified atom stereocenters. The van der Waals surface area contributed by atoms with Crippen molar-refractivity contribution in [3.63, 3.8) is 0 Å². The average Bonchev–Trinajstić information content (AvgIpc) is 2.45. The molecule has 0 fully saturated rings. The number of carboxylic acid groups (broad SMARTS) is 1. The van der Waals surface area contributed by atoms with Crippen LogP contribution in [-0.4, -0.2) is 15.9 Å². The second kappa shape index (κ2) is 3.38. The van der Waals surface area contributed by atoms with Crippen molar-refractivity contribution in [2.75, 3.05) is 0 Å². The molecule has 0 atom stereocenters. The summed E-state index contributed by atoms with van der Waals surface area (Å²) in [6, 6.07) is 3.97. The lowest BCUT2D eigenvalue weighted by Gasteiger charge is -1.96. The van der Waals surface area contributed by atoms with E-state index in [0.717, 1.165) is 22.2 Å². The molecule has 15 heavy (non-hydrogen) atoms. The highest BCUT2D eigenvalue weighted by atomic mass is 16.4. The van der Waals surface area contributed by atoms with E-state index in [0.29, 0.717) is 5.82 Å². The van der Waals surface area contributed by atoms with E-state index in [1.807, 2.05) is 26.0 Å². The predicted octanol–water partition coefficient (Wildman–Crippen LogP) is 0.472. The Labute approximate surface area is 87.0 Å². The smallest absolute Gasteiger partial charge is 0.112 e. The van der Waals surface area contributed by atoms with Gasteiger partial charge in [-0.05, 0) is 31.0 Å². The number of aromatic amines is 1. The van der Waals surface area contributed by atoms with Crippen molar-refractivity contribution in [1.82, 2.24) is 9.97 Å². The van der Waals surface area contributed by atoms with Gasteiger partial charge in [-0.3, -0.25) is 0 Å². The van der Waals surface area contributed by atoms with Crippen LogP contribution in [0.3, 0.4) is 0 Å². The van der Waals surface area contributed by atoms with Crippen molar-refractivity contribution in [1.29, 1.82) is 0 Å². The molecule has 2 rings (SSSR count). The number of hydrogen-bond donors (Lipinski definition) is 1. The molecule has 0 spiro atoms. The monoisotopic (exact) mass is 203 g/mol. The molecule has 0 aliphatic carbocycles. The molecule has 4 nitrogen and oxygen atoms in total. The van der Waals surface area contributed by atoms with Crippen LogP contribution in [0.4, 0.5) is 0 Å². The Morgan fingerprint density at radius 3 is 2.87 bits per heavy atom. The molecule has 0 saturated carbocycles. The molecular weight excluding hydrogens is 192 g/mol. The maximum absolute atomic E-state index is 10.4. The number of nitrogens with zero attached hydrogens (tertiary/aromatic N) is 1. The van der Waals surface area contributed by atoms with E-state index in [1.165, 1.54) is 0 Å². The Morgan fingerprint density at radius 1 is 1.47 bits per heavy atom. The number of aryl methyl sites for hydroxylation is 2. The Balaban J connectivity index is 2.55. The number of nitrogens with one attached hydrogen (secondary N) is 1. The average molecular weight is 203 g/mol. The van der Waals surface area contributed by atoms with Crippen molar-refractivity contribution in [2.24, 2.45) is 0 Å². The number of aromatic nitrogens is 2. The first kappa shape index (κ1) is 9.71. The Kier molecular flexibility index (Phi) is 2.19. The fraction of sp³-hybridized carbons (Fsp3) is 0.273. The third-order valence-corrected chi connectivity index (χ3v) is 2.28. The van der Waals surface area contributed by atoms with Gasteiger partial charge in [0.05, 0.1) is 11.0 Å². The van der Waals surface area contributed by atoms with Crippen molar-refractivity contribution in [3.8, 4) is 0 Å². The van der Waals surface area contributed by atoms with E-state index < -0.39 is 5.97 Å². The van der Waals surface area contributed by atoms with Crippen molar-refractivity contribution in [2.45, 2.75) is 20.3 Å². The van der Waals surface area contributed by atoms with Gasteiger partial charge in [-0.25, -0.2) is 4.98 Å². The highest BCUT2D eigenvalue weighted by Crippen LogP contribution is 2.18. The SMILES string of the molecule is Cc1cc(C)c2nc(CC(=O)[O-])[nH]c2c1. The molecule has 2 aromatic rings. The van der Waals surface area contributed by atoms with Crippen LogP contribution in [0.15, 0.2) is 12.1 Å². The van der Waals surface area contributed by atoms with E-state index >= 15 is 0 Å². The second-order valence-electron chi connectivity index (χ2n) is 3.71. The minimum absolute atomic E-state index is 0.173. The van der Waals surface area contributed by atoms with Crippen LogP contribution in [0, 0.1) is 13.8 Å². The first-order chi connectivity index (χ1) is 7.06. The van der Waals surface area contributed by atoms with Crippen molar-refractivity contribution >= 4 is 17.0 Å². The van der Waals surface area contributed by atoms with E-state index in [4.69, 9.17) is 0 Å². The molecule has 0 amide bonds.